The number of halogens is 1. The number of aryl methyl sites for hydroxylation is 1. The van der Waals surface area contributed by atoms with Gasteiger partial charge in [-0.2, -0.15) is 0 Å². The molecule has 1 saturated heterocycles. The van der Waals surface area contributed by atoms with E-state index in [9.17, 15) is 9.90 Å². The number of nitrogens with two attached hydrogens (primary N) is 1. The lowest BCUT2D eigenvalue weighted by atomic mass is 9.84. The molecule has 2 aromatic heterocycles. The first kappa shape index (κ1) is 24.0. The van der Waals surface area contributed by atoms with Gasteiger partial charge in [0.15, 0.2) is 33.6 Å². The molecule has 3 aromatic rings. The van der Waals surface area contributed by atoms with Crippen LogP contribution in [-0.2, 0) is 6.54 Å². The monoisotopic (exact) mass is 562 g/mol. The zero-order chi connectivity index (χ0) is 24.7. The molecule has 0 radical (unpaired) electrons. The molecule has 1 aromatic carbocycles. The molecular formula is C23H27BrN6O4S. The van der Waals surface area contributed by atoms with Crippen LogP contribution in [0.2, 0.25) is 0 Å². The third-order valence-electron chi connectivity index (χ3n) is 6.68. The smallest absolute Gasteiger partial charge is 0.407 e. The van der Waals surface area contributed by atoms with E-state index in [0.717, 1.165) is 33.8 Å². The van der Waals surface area contributed by atoms with Gasteiger partial charge in [-0.1, -0.05) is 25.6 Å². The molecule has 5 rings (SSSR count). The summed E-state index contributed by atoms with van der Waals surface area (Å²) in [5.41, 5.74) is 7.40. The highest BCUT2D eigenvalue weighted by atomic mass is 79.9. The van der Waals surface area contributed by atoms with Crippen LogP contribution in [0.15, 0.2) is 33.0 Å². The summed E-state index contributed by atoms with van der Waals surface area (Å²) < 4.78 is 14.0. The standard InChI is InChI=1S/C23H27BrN6O4S/c1-12(2)15-7-13(3-5-29(15)23(31)32)4-6-30-21-19(20(25)26-10-27-21)28-22(30)35-18-9-17-16(8-14(18)24)33-11-34-17/h8-10,12-13,15H,3-7,11H2,1-2H3,(H,31,32)(H2,25,26,27)/t13-,15-/m1/s1. The summed E-state index contributed by atoms with van der Waals surface area (Å²) in [5.74, 6) is 2.42. The molecule has 0 unspecified atom stereocenters. The highest BCUT2D eigenvalue weighted by molar-refractivity contribution is 9.10. The maximum absolute atomic E-state index is 11.7. The van der Waals surface area contributed by atoms with Crippen molar-refractivity contribution in [2.75, 3.05) is 19.1 Å². The van der Waals surface area contributed by atoms with Crippen molar-refractivity contribution in [3.05, 3.63) is 22.9 Å². The van der Waals surface area contributed by atoms with Crippen LogP contribution in [0.5, 0.6) is 11.5 Å². The number of ether oxygens (including phenoxy) is 2. The normalized spacial score (nSPS) is 19.6. The molecule has 2 aliphatic heterocycles. The maximum atomic E-state index is 11.7. The summed E-state index contributed by atoms with van der Waals surface area (Å²) in [5, 5.41) is 10.3. The average Bonchev–Trinajstić information content (AvgIpc) is 3.42. The van der Waals surface area contributed by atoms with E-state index < -0.39 is 6.09 Å². The number of fused-ring (bicyclic) bond motifs is 2. The van der Waals surface area contributed by atoms with Gasteiger partial charge in [-0.05, 0) is 59.2 Å². The first-order valence-electron chi connectivity index (χ1n) is 11.5. The van der Waals surface area contributed by atoms with Gasteiger partial charge in [0, 0.05) is 28.5 Å². The van der Waals surface area contributed by atoms with Crippen LogP contribution in [0, 0.1) is 11.8 Å². The number of piperidine rings is 1. The Morgan fingerprint density at radius 2 is 2.09 bits per heavy atom. The molecule has 0 aliphatic carbocycles. The second-order valence-corrected chi connectivity index (χ2v) is 11.0. The van der Waals surface area contributed by atoms with Gasteiger partial charge in [-0.3, -0.25) is 0 Å². The minimum Gasteiger partial charge on any atom is -0.465 e. The second kappa shape index (κ2) is 9.73. The predicted molar refractivity (Wildman–Crippen MR) is 135 cm³/mol. The molecule has 0 bridgehead atoms. The lowest BCUT2D eigenvalue weighted by Crippen LogP contribution is -2.48. The van der Waals surface area contributed by atoms with E-state index in [0.29, 0.717) is 47.5 Å². The number of imidazole rings is 1. The Hall–Kier alpha value is -2.73. The number of carboxylic acid groups (broad SMARTS) is 1. The summed E-state index contributed by atoms with van der Waals surface area (Å²) in [4.78, 5) is 27.6. The number of hydrogen-bond acceptors (Lipinski definition) is 8. The molecule has 3 N–H and O–H groups in total. The third-order valence-corrected chi connectivity index (χ3v) is 8.65. The summed E-state index contributed by atoms with van der Waals surface area (Å²) in [6, 6.07) is 3.86. The fourth-order valence-corrected chi connectivity index (χ4v) is 6.32. The van der Waals surface area contributed by atoms with Crippen LogP contribution >= 0.6 is 27.7 Å². The van der Waals surface area contributed by atoms with Gasteiger partial charge in [0.25, 0.3) is 0 Å². The largest absolute Gasteiger partial charge is 0.465 e. The molecule has 0 saturated carbocycles. The highest BCUT2D eigenvalue weighted by Gasteiger charge is 2.33. The van der Waals surface area contributed by atoms with Gasteiger partial charge in [-0.25, -0.2) is 19.7 Å². The molecule has 12 heteroatoms. The molecule has 186 valence electrons. The zero-order valence-electron chi connectivity index (χ0n) is 19.5. The topological polar surface area (TPSA) is 129 Å². The van der Waals surface area contributed by atoms with Crippen LogP contribution in [0.4, 0.5) is 10.6 Å². The number of anilines is 1. The number of benzene rings is 1. The van der Waals surface area contributed by atoms with Gasteiger partial charge in [-0.15, -0.1) is 0 Å². The maximum Gasteiger partial charge on any atom is 0.407 e. The van der Waals surface area contributed by atoms with Crippen LogP contribution in [0.25, 0.3) is 11.2 Å². The molecule has 10 nitrogen and oxygen atoms in total. The number of aromatic nitrogens is 4. The van der Waals surface area contributed by atoms with E-state index in [1.54, 1.807) is 4.90 Å². The Kier molecular flexibility index (Phi) is 6.67. The summed E-state index contributed by atoms with van der Waals surface area (Å²) >= 11 is 5.13. The summed E-state index contributed by atoms with van der Waals surface area (Å²) in [6.07, 6.45) is 3.21. The number of hydrogen-bond donors (Lipinski definition) is 2. The van der Waals surface area contributed by atoms with Crippen molar-refractivity contribution in [3.63, 3.8) is 0 Å². The number of carbonyl (C=O) groups is 1. The average molecular weight is 563 g/mol. The summed E-state index contributed by atoms with van der Waals surface area (Å²) in [6.45, 7) is 5.64. The first-order valence-corrected chi connectivity index (χ1v) is 13.2. The SMILES string of the molecule is CC(C)[C@H]1C[C@@H](CCn2c(Sc3cc4c(cc3Br)OCO4)nc3c(N)ncnc32)CCN1C(=O)O. The minimum atomic E-state index is -0.831. The number of nitrogens with zero attached hydrogens (tertiary/aromatic N) is 5. The van der Waals surface area contributed by atoms with Gasteiger partial charge < -0.3 is 29.8 Å². The highest BCUT2D eigenvalue weighted by Crippen LogP contribution is 2.43. The Labute approximate surface area is 215 Å². The Morgan fingerprint density at radius 1 is 1.31 bits per heavy atom. The van der Waals surface area contributed by atoms with Crippen molar-refractivity contribution in [1.82, 2.24) is 24.4 Å². The third kappa shape index (κ3) is 4.73. The molecule has 35 heavy (non-hydrogen) atoms. The van der Waals surface area contributed by atoms with Gasteiger partial charge in [0.1, 0.15) is 6.33 Å². The van der Waals surface area contributed by atoms with Crippen LogP contribution in [-0.4, -0.2) is 55.0 Å². The molecule has 4 heterocycles. The van der Waals surface area contributed by atoms with Crippen molar-refractivity contribution < 1.29 is 19.4 Å². The van der Waals surface area contributed by atoms with E-state index in [2.05, 4.69) is 44.3 Å². The minimum absolute atomic E-state index is 0.0298. The number of nitrogen functional groups attached to an aromatic ring is 1. The van der Waals surface area contributed by atoms with Gasteiger partial charge in [0.2, 0.25) is 6.79 Å². The van der Waals surface area contributed by atoms with E-state index in [1.807, 2.05) is 12.1 Å². The fraction of sp³-hybridized carbons (Fsp3) is 0.478. The Bertz CT molecular complexity index is 1270. The lowest BCUT2D eigenvalue weighted by molar-refractivity contribution is 0.0681. The number of amides is 1. The second-order valence-electron chi connectivity index (χ2n) is 9.18. The number of likely N-dealkylation sites (tertiary alicyclic amines) is 1. The van der Waals surface area contributed by atoms with Crippen molar-refractivity contribution in [2.45, 2.75) is 55.7 Å². The van der Waals surface area contributed by atoms with E-state index >= 15 is 0 Å². The fourth-order valence-electron chi connectivity index (χ4n) is 4.81. The van der Waals surface area contributed by atoms with Crippen LogP contribution in [0.1, 0.15) is 33.1 Å². The van der Waals surface area contributed by atoms with Crippen molar-refractivity contribution in [1.29, 1.82) is 0 Å². The van der Waals surface area contributed by atoms with Crippen molar-refractivity contribution in [3.8, 4) is 11.5 Å². The molecule has 2 atom stereocenters. The van der Waals surface area contributed by atoms with Crippen LogP contribution < -0.4 is 15.2 Å². The van der Waals surface area contributed by atoms with E-state index in [1.165, 1.54) is 18.1 Å². The van der Waals surface area contributed by atoms with Crippen molar-refractivity contribution in [2.24, 2.45) is 11.8 Å². The molecule has 0 spiro atoms. The molecule has 1 amide bonds. The van der Waals surface area contributed by atoms with E-state index in [4.69, 9.17) is 20.2 Å². The quantitative estimate of drug-likeness (QED) is 0.432. The zero-order valence-corrected chi connectivity index (χ0v) is 21.9. The number of rotatable bonds is 6. The van der Waals surface area contributed by atoms with Crippen molar-refractivity contribution >= 4 is 50.8 Å². The lowest BCUT2D eigenvalue weighted by Gasteiger charge is -2.40. The molecule has 2 aliphatic rings. The predicted octanol–water partition coefficient (Wildman–Crippen LogP) is 4.86. The van der Waals surface area contributed by atoms with Gasteiger partial charge in [0.05, 0.1) is 0 Å². The Balaban J connectivity index is 1.41. The molecule has 1 fully saturated rings. The van der Waals surface area contributed by atoms with Crippen LogP contribution in [0.3, 0.4) is 0 Å². The first-order chi connectivity index (χ1) is 16.8. The van der Waals surface area contributed by atoms with Gasteiger partial charge >= 0.3 is 6.09 Å². The van der Waals surface area contributed by atoms with E-state index in [-0.39, 0.29) is 18.8 Å². The summed E-state index contributed by atoms with van der Waals surface area (Å²) in [7, 11) is 0. The molecular weight excluding hydrogens is 536 g/mol. The Morgan fingerprint density at radius 3 is 2.83 bits per heavy atom.